The minimum Gasteiger partial charge on any atom is -0.215 e. The predicted molar refractivity (Wildman–Crippen MR) is 81.8 cm³/mol. The van der Waals surface area contributed by atoms with E-state index in [2.05, 4.69) is 0 Å². The molecule has 0 radical (unpaired) electrons. The van der Waals surface area contributed by atoms with E-state index in [1.54, 1.807) is 31.2 Å². The van der Waals surface area contributed by atoms with E-state index >= 15 is 0 Å². The molecule has 0 amide bonds. The molecule has 2 aromatic carbocycles. The van der Waals surface area contributed by atoms with Crippen LogP contribution >= 0.6 is 0 Å². The van der Waals surface area contributed by atoms with Crippen molar-refractivity contribution in [3.63, 3.8) is 0 Å². The minimum absolute atomic E-state index is 0.239. The molecule has 0 aliphatic rings. The Bertz CT molecular complexity index is 720. The van der Waals surface area contributed by atoms with Crippen LogP contribution in [0.5, 0.6) is 0 Å². The molecular formula is C18H13F5. The molecule has 0 saturated heterocycles. The Hall–Kier alpha value is -2.43. The van der Waals surface area contributed by atoms with Crippen molar-refractivity contribution in [1.82, 2.24) is 0 Å². The van der Waals surface area contributed by atoms with Gasteiger partial charge in [-0.3, -0.25) is 0 Å². The number of allylic oxidation sites excluding steroid dienone is 2. The van der Waals surface area contributed by atoms with E-state index in [0.717, 1.165) is 5.56 Å². The lowest BCUT2D eigenvalue weighted by molar-refractivity contribution is -0.0694. The zero-order valence-corrected chi connectivity index (χ0v) is 12.2. The van der Waals surface area contributed by atoms with Gasteiger partial charge in [0.15, 0.2) is 0 Å². The highest BCUT2D eigenvalue weighted by molar-refractivity contribution is 5.73. The molecule has 23 heavy (non-hydrogen) atoms. The third kappa shape index (κ3) is 3.86. The minimum atomic E-state index is -4.74. The van der Waals surface area contributed by atoms with E-state index < -0.39 is 18.1 Å². The molecule has 0 aliphatic heterocycles. The van der Waals surface area contributed by atoms with Gasteiger partial charge in [-0.2, -0.15) is 13.2 Å². The number of hydrogen-bond acceptors (Lipinski definition) is 0. The molecule has 0 atom stereocenters. The first-order chi connectivity index (χ1) is 10.9. The molecule has 0 nitrogen and oxygen atoms in total. The van der Waals surface area contributed by atoms with Crippen LogP contribution in [0.1, 0.15) is 18.1 Å². The third-order valence-corrected chi connectivity index (χ3v) is 3.45. The van der Waals surface area contributed by atoms with E-state index in [4.69, 9.17) is 0 Å². The van der Waals surface area contributed by atoms with Crippen LogP contribution < -0.4 is 0 Å². The molecule has 0 bridgehead atoms. The first-order valence-corrected chi connectivity index (χ1v) is 6.72. The molecule has 0 aliphatic carbocycles. The van der Waals surface area contributed by atoms with E-state index in [1.807, 2.05) is 0 Å². The monoisotopic (exact) mass is 324 g/mol. The van der Waals surface area contributed by atoms with Gasteiger partial charge in [0.2, 0.25) is 0 Å². The van der Waals surface area contributed by atoms with Crippen molar-refractivity contribution in [3.05, 3.63) is 72.3 Å². The van der Waals surface area contributed by atoms with Crippen LogP contribution in [0.15, 0.2) is 61.2 Å². The van der Waals surface area contributed by atoms with Gasteiger partial charge < -0.3 is 0 Å². The fourth-order valence-electron chi connectivity index (χ4n) is 2.12. The summed E-state index contributed by atoms with van der Waals surface area (Å²) in [6, 6.07) is 12.3. The van der Waals surface area contributed by atoms with Crippen LogP contribution in [0.3, 0.4) is 0 Å². The average Bonchev–Trinajstić information content (AvgIpc) is 2.54. The zero-order chi connectivity index (χ0) is 17.0. The predicted octanol–water partition coefficient (Wildman–Crippen LogP) is 6.56. The topological polar surface area (TPSA) is 0 Å². The van der Waals surface area contributed by atoms with Gasteiger partial charge in [0.25, 0.3) is 0 Å². The lowest BCUT2D eigenvalue weighted by Gasteiger charge is -2.11. The second kappa shape index (κ2) is 6.77. The fraction of sp³-hybridized carbons (Fsp3) is 0.111. The molecule has 0 unspecified atom stereocenters. The van der Waals surface area contributed by atoms with Crippen molar-refractivity contribution in [2.45, 2.75) is 13.1 Å². The summed E-state index contributed by atoms with van der Waals surface area (Å²) in [6.07, 6.45) is -4.67. The summed E-state index contributed by atoms with van der Waals surface area (Å²) in [6.45, 7) is 1.63. The second-order valence-electron chi connectivity index (χ2n) is 4.97. The van der Waals surface area contributed by atoms with Crippen molar-refractivity contribution >= 4 is 11.1 Å². The van der Waals surface area contributed by atoms with Crippen LogP contribution in [0.2, 0.25) is 0 Å². The molecule has 0 heterocycles. The summed E-state index contributed by atoms with van der Waals surface area (Å²) in [7, 11) is 0. The van der Waals surface area contributed by atoms with Gasteiger partial charge in [-0.15, -0.1) is 0 Å². The van der Waals surface area contributed by atoms with Crippen molar-refractivity contribution in [2.75, 3.05) is 0 Å². The Morgan fingerprint density at radius 1 is 0.739 bits per heavy atom. The Kier molecular flexibility index (Phi) is 4.98. The summed E-state index contributed by atoms with van der Waals surface area (Å²) >= 11 is 0. The van der Waals surface area contributed by atoms with Crippen LogP contribution in [-0.2, 0) is 0 Å². The summed E-state index contributed by atoms with van der Waals surface area (Å²) < 4.78 is 62.9. The van der Waals surface area contributed by atoms with Crippen molar-refractivity contribution < 1.29 is 22.0 Å². The molecule has 0 N–H and O–H groups in total. The number of alkyl halides is 3. The third-order valence-electron chi connectivity index (χ3n) is 3.45. The first kappa shape index (κ1) is 16.9. The lowest BCUT2D eigenvalue weighted by atomic mass is 9.99. The van der Waals surface area contributed by atoms with Crippen LogP contribution in [-0.4, -0.2) is 6.18 Å². The highest BCUT2D eigenvalue weighted by atomic mass is 19.4. The number of hydrogen-bond donors (Lipinski definition) is 0. The zero-order valence-electron chi connectivity index (χ0n) is 12.2. The summed E-state index contributed by atoms with van der Waals surface area (Å²) in [5.74, 6) is 0. The summed E-state index contributed by atoms with van der Waals surface area (Å²) in [5, 5.41) is 0. The maximum Gasteiger partial charge on any atom is 0.419 e. The molecular weight excluding hydrogens is 311 g/mol. The van der Waals surface area contributed by atoms with Gasteiger partial charge in [0.1, 0.15) is 0 Å². The van der Waals surface area contributed by atoms with Crippen molar-refractivity contribution in [1.29, 1.82) is 0 Å². The van der Waals surface area contributed by atoms with Gasteiger partial charge in [-0.25, -0.2) is 8.78 Å². The van der Waals surface area contributed by atoms with Gasteiger partial charge in [-0.05, 0) is 34.8 Å². The molecule has 0 spiro atoms. The van der Waals surface area contributed by atoms with E-state index in [-0.39, 0.29) is 5.56 Å². The average molecular weight is 324 g/mol. The number of rotatable bonds is 3. The van der Waals surface area contributed by atoms with Gasteiger partial charge in [0.05, 0.1) is 18.2 Å². The van der Waals surface area contributed by atoms with Crippen LogP contribution in [0, 0.1) is 0 Å². The Morgan fingerprint density at radius 3 is 1.52 bits per heavy atom. The Morgan fingerprint density at radius 2 is 1.17 bits per heavy atom. The van der Waals surface area contributed by atoms with Crippen molar-refractivity contribution in [2.24, 2.45) is 0 Å². The molecule has 0 saturated carbocycles. The first-order valence-electron chi connectivity index (χ1n) is 6.72. The van der Waals surface area contributed by atoms with Crippen molar-refractivity contribution in [3.8, 4) is 11.1 Å². The largest absolute Gasteiger partial charge is 0.419 e. The highest BCUT2D eigenvalue weighted by Crippen LogP contribution is 2.34. The van der Waals surface area contributed by atoms with Crippen LogP contribution in [0.4, 0.5) is 22.0 Å². The summed E-state index contributed by atoms with van der Waals surface area (Å²) in [4.78, 5) is 0. The van der Waals surface area contributed by atoms with Crippen LogP contribution in [0.25, 0.3) is 22.3 Å². The van der Waals surface area contributed by atoms with E-state index in [9.17, 15) is 22.0 Å². The normalized spacial score (nSPS) is 13.3. The maximum atomic E-state index is 12.6. The van der Waals surface area contributed by atoms with E-state index in [1.165, 1.54) is 24.3 Å². The molecule has 0 fully saturated rings. The lowest BCUT2D eigenvalue weighted by Crippen LogP contribution is -2.10. The fourth-order valence-corrected chi connectivity index (χ4v) is 2.12. The molecule has 2 rings (SSSR count). The Balaban J connectivity index is 2.30. The van der Waals surface area contributed by atoms with E-state index in [0.29, 0.717) is 23.0 Å². The number of benzene rings is 2. The van der Waals surface area contributed by atoms with Gasteiger partial charge in [-0.1, -0.05) is 48.5 Å². The van der Waals surface area contributed by atoms with Gasteiger partial charge in [0, 0.05) is 0 Å². The SMILES string of the molecule is C/C(=C/F)c1ccc(-c2ccc(/C(=C/F)C(F)(F)F)cc2)cc1. The quantitative estimate of drug-likeness (QED) is 0.561. The second-order valence-corrected chi connectivity index (χ2v) is 4.97. The smallest absolute Gasteiger partial charge is 0.215 e. The Labute approximate surface area is 130 Å². The molecule has 2 aromatic rings. The molecule has 5 heteroatoms. The molecule has 0 aromatic heterocycles. The maximum absolute atomic E-state index is 12.6. The molecule has 120 valence electrons. The number of halogens is 5. The summed E-state index contributed by atoms with van der Waals surface area (Å²) in [5.41, 5.74) is 1.09. The standard InChI is InChI=1S/C18H13F5/c1-12(10-19)13-2-4-14(5-3-13)15-6-8-16(9-7-15)17(11-20)18(21,22)23/h2-11H,1H3/b12-10-,17-11-. The highest BCUT2D eigenvalue weighted by Gasteiger charge is 2.34. The van der Waals surface area contributed by atoms with Gasteiger partial charge >= 0.3 is 6.18 Å².